The van der Waals surface area contributed by atoms with Crippen LogP contribution < -0.4 is 11.1 Å². The van der Waals surface area contributed by atoms with E-state index < -0.39 is 6.10 Å². The zero-order valence-corrected chi connectivity index (χ0v) is 13.4. The molecule has 1 saturated heterocycles. The highest BCUT2D eigenvalue weighted by atomic mass is 16.3. The first-order chi connectivity index (χ1) is 11.1. The molecule has 2 fully saturated rings. The zero-order valence-electron chi connectivity index (χ0n) is 13.4. The van der Waals surface area contributed by atoms with Gasteiger partial charge in [-0.25, -0.2) is 0 Å². The van der Waals surface area contributed by atoms with Crippen LogP contribution in [0, 0.1) is 5.92 Å². The maximum Gasteiger partial charge on any atom is 0.223 e. The molecule has 1 aromatic rings. The van der Waals surface area contributed by atoms with Crippen LogP contribution in [0.2, 0.25) is 0 Å². The lowest BCUT2D eigenvalue weighted by molar-refractivity contribution is -0.126. The number of rotatable bonds is 4. The molecule has 3 atom stereocenters. The number of pyridine rings is 1. The molecule has 23 heavy (non-hydrogen) atoms. The van der Waals surface area contributed by atoms with Crippen LogP contribution in [0.15, 0.2) is 24.5 Å². The van der Waals surface area contributed by atoms with E-state index in [1.54, 1.807) is 6.20 Å². The molecule has 0 aromatic carbocycles. The van der Waals surface area contributed by atoms with E-state index >= 15 is 0 Å². The Balaban J connectivity index is 1.42. The highest BCUT2D eigenvalue weighted by Crippen LogP contribution is 2.25. The van der Waals surface area contributed by atoms with E-state index in [1.807, 2.05) is 12.3 Å². The molecule has 1 aromatic heterocycles. The Morgan fingerprint density at radius 1 is 1.39 bits per heavy atom. The lowest BCUT2D eigenvalue weighted by atomic mass is 10.0. The van der Waals surface area contributed by atoms with Crippen LogP contribution in [0.4, 0.5) is 0 Å². The molecule has 2 aliphatic rings. The number of nitrogens with zero attached hydrogens (tertiary/aromatic N) is 2. The first kappa shape index (κ1) is 16.4. The van der Waals surface area contributed by atoms with Crippen molar-refractivity contribution in [1.82, 2.24) is 15.2 Å². The van der Waals surface area contributed by atoms with Gasteiger partial charge in [-0.2, -0.15) is 0 Å². The molecule has 0 bridgehead atoms. The first-order valence-corrected chi connectivity index (χ1v) is 8.47. The van der Waals surface area contributed by atoms with Crippen molar-refractivity contribution in [3.63, 3.8) is 0 Å². The van der Waals surface area contributed by atoms with Crippen LogP contribution in [0.5, 0.6) is 0 Å². The summed E-state index contributed by atoms with van der Waals surface area (Å²) in [5.41, 5.74) is 7.02. The van der Waals surface area contributed by atoms with Crippen LogP contribution >= 0.6 is 0 Å². The Hall–Kier alpha value is -1.50. The van der Waals surface area contributed by atoms with Gasteiger partial charge in [0.25, 0.3) is 0 Å². The summed E-state index contributed by atoms with van der Waals surface area (Å²) in [6.45, 7) is 2.87. The predicted molar refractivity (Wildman–Crippen MR) is 87.4 cm³/mol. The summed E-state index contributed by atoms with van der Waals surface area (Å²) < 4.78 is 0. The van der Waals surface area contributed by atoms with Crippen molar-refractivity contribution in [2.24, 2.45) is 11.7 Å². The van der Waals surface area contributed by atoms with Gasteiger partial charge in [-0.05, 0) is 37.3 Å². The average Bonchev–Trinajstić information content (AvgIpc) is 2.90. The quantitative estimate of drug-likeness (QED) is 0.741. The summed E-state index contributed by atoms with van der Waals surface area (Å²) in [5, 5.41) is 12.8. The van der Waals surface area contributed by atoms with Gasteiger partial charge < -0.3 is 16.2 Å². The van der Waals surface area contributed by atoms with E-state index in [0.717, 1.165) is 32.5 Å². The predicted octanol–water partition coefficient (Wildman–Crippen LogP) is 0.260. The van der Waals surface area contributed by atoms with Crippen LogP contribution in [-0.4, -0.2) is 52.2 Å². The van der Waals surface area contributed by atoms with E-state index in [0.29, 0.717) is 12.8 Å². The van der Waals surface area contributed by atoms with Gasteiger partial charge in [-0.15, -0.1) is 0 Å². The van der Waals surface area contributed by atoms with Gasteiger partial charge in [0.15, 0.2) is 0 Å². The second kappa shape index (κ2) is 7.38. The van der Waals surface area contributed by atoms with E-state index in [9.17, 15) is 9.90 Å². The third kappa shape index (κ3) is 4.28. The van der Waals surface area contributed by atoms with Gasteiger partial charge in [0.2, 0.25) is 5.91 Å². The number of nitrogens with one attached hydrogen (secondary N) is 1. The number of amides is 1. The molecule has 126 valence electrons. The van der Waals surface area contributed by atoms with Crippen molar-refractivity contribution >= 4 is 5.91 Å². The monoisotopic (exact) mass is 318 g/mol. The fourth-order valence-electron chi connectivity index (χ4n) is 3.57. The molecule has 4 N–H and O–H groups in total. The maximum atomic E-state index is 12.3. The number of nitrogens with two attached hydrogens (primary N) is 1. The van der Waals surface area contributed by atoms with E-state index in [-0.39, 0.29) is 23.9 Å². The number of aliphatic hydroxyl groups is 1. The van der Waals surface area contributed by atoms with Crippen molar-refractivity contribution in [3.8, 4) is 0 Å². The number of aliphatic hydroxyl groups excluding tert-OH is 1. The van der Waals surface area contributed by atoms with Crippen LogP contribution in [0.25, 0.3) is 0 Å². The van der Waals surface area contributed by atoms with Gasteiger partial charge in [-0.3, -0.25) is 14.7 Å². The van der Waals surface area contributed by atoms with E-state index in [2.05, 4.69) is 21.3 Å². The number of hydrogen-bond acceptors (Lipinski definition) is 5. The van der Waals surface area contributed by atoms with Crippen LogP contribution in [-0.2, 0) is 11.3 Å². The smallest absolute Gasteiger partial charge is 0.223 e. The Morgan fingerprint density at radius 3 is 2.78 bits per heavy atom. The van der Waals surface area contributed by atoms with Gasteiger partial charge >= 0.3 is 0 Å². The second-order valence-electron chi connectivity index (χ2n) is 6.82. The fourth-order valence-corrected chi connectivity index (χ4v) is 3.57. The number of piperidine rings is 1. The molecule has 1 aliphatic carbocycles. The second-order valence-corrected chi connectivity index (χ2v) is 6.82. The maximum absolute atomic E-state index is 12.3. The number of aromatic nitrogens is 1. The lowest BCUT2D eigenvalue weighted by Gasteiger charge is -2.32. The molecular weight excluding hydrogens is 292 g/mol. The third-order valence-electron chi connectivity index (χ3n) is 5.01. The van der Waals surface area contributed by atoms with E-state index in [1.165, 1.54) is 5.56 Å². The van der Waals surface area contributed by atoms with Crippen molar-refractivity contribution < 1.29 is 9.90 Å². The normalized spacial score (nSPS) is 29.6. The molecule has 1 amide bonds. The molecule has 0 radical (unpaired) electrons. The Labute approximate surface area is 137 Å². The minimum atomic E-state index is -0.535. The molecular formula is C17H26N4O2. The number of likely N-dealkylation sites (tertiary alicyclic amines) is 1. The van der Waals surface area contributed by atoms with Gasteiger partial charge in [-0.1, -0.05) is 6.07 Å². The minimum absolute atomic E-state index is 0.0581. The summed E-state index contributed by atoms with van der Waals surface area (Å²) in [7, 11) is 0. The largest absolute Gasteiger partial charge is 0.391 e. The van der Waals surface area contributed by atoms with Gasteiger partial charge in [0.1, 0.15) is 0 Å². The highest BCUT2D eigenvalue weighted by molar-refractivity contribution is 5.79. The van der Waals surface area contributed by atoms with Crippen LogP contribution in [0.3, 0.4) is 0 Å². The number of hydrogen-bond donors (Lipinski definition) is 3. The van der Waals surface area contributed by atoms with Crippen LogP contribution in [0.1, 0.15) is 31.2 Å². The van der Waals surface area contributed by atoms with Crippen molar-refractivity contribution in [2.75, 3.05) is 13.1 Å². The minimum Gasteiger partial charge on any atom is -0.391 e. The summed E-state index contributed by atoms with van der Waals surface area (Å²) in [6.07, 6.45) is 6.17. The van der Waals surface area contributed by atoms with Gasteiger partial charge in [0.05, 0.1) is 6.10 Å². The lowest BCUT2D eigenvalue weighted by Crippen LogP contribution is -2.46. The van der Waals surface area contributed by atoms with E-state index in [4.69, 9.17) is 5.73 Å². The fraction of sp³-hybridized carbons (Fsp3) is 0.647. The molecule has 1 aliphatic heterocycles. The first-order valence-electron chi connectivity index (χ1n) is 8.47. The Kier molecular flexibility index (Phi) is 5.25. The molecule has 0 unspecified atom stereocenters. The molecule has 6 heteroatoms. The number of carbonyl (C=O) groups excluding carboxylic acids is 1. The van der Waals surface area contributed by atoms with Crippen molar-refractivity contribution in [3.05, 3.63) is 30.1 Å². The number of carbonyl (C=O) groups is 1. The zero-order chi connectivity index (χ0) is 16.2. The summed E-state index contributed by atoms with van der Waals surface area (Å²) in [4.78, 5) is 18.8. The molecule has 0 spiro atoms. The van der Waals surface area contributed by atoms with Crippen molar-refractivity contribution in [2.45, 2.75) is 50.4 Å². The molecule has 2 heterocycles. The average molecular weight is 318 g/mol. The molecule has 1 saturated carbocycles. The summed E-state index contributed by atoms with van der Waals surface area (Å²) >= 11 is 0. The van der Waals surface area contributed by atoms with Gasteiger partial charge in [0, 0.05) is 50.0 Å². The molecule has 3 rings (SSSR count). The Morgan fingerprint density at radius 2 is 2.17 bits per heavy atom. The molecule has 6 nitrogen and oxygen atoms in total. The third-order valence-corrected chi connectivity index (χ3v) is 5.01. The summed E-state index contributed by atoms with van der Waals surface area (Å²) in [5.74, 6) is -0.0730. The van der Waals surface area contributed by atoms with Crippen molar-refractivity contribution in [1.29, 1.82) is 0 Å². The topological polar surface area (TPSA) is 91.5 Å². The highest BCUT2D eigenvalue weighted by Gasteiger charge is 2.35. The SMILES string of the molecule is N[C@@H]1C[C@H](C(=O)NC2CCN(Cc3cccnc3)CC2)C[C@H]1O. The Bertz CT molecular complexity index is 507. The summed E-state index contributed by atoms with van der Waals surface area (Å²) in [6, 6.07) is 4.03. The standard InChI is InChI=1S/C17H26N4O2/c18-15-8-13(9-16(15)22)17(23)20-14-3-6-21(7-4-14)11-12-2-1-5-19-10-12/h1-2,5,10,13-16,22H,3-4,6-9,11,18H2,(H,20,23)/t13-,15+,16+/m0/s1.